The van der Waals surface area contributed by atoms with Gasteiger partial charge < -0.3 is 4.74 Å². The van der Waals surface area contributed by atoms with E-state index in [2.05, 4.69) is 32.0 Å². The molecule has 0 atom stereocenters. The number of hydrogen-bond acceptors (Lipinski definition) is 6. The first kappa shape index (κ1) is 16.4. The zero-order valence-electron chi connectivity index (χ0n) is 15.4. The van der Waals surface area contributed by atoms with Crippen LogP contribution >= 0.6 is 0 Å². The summed E-state index contributed by atoms with van der Waals surface area (Å²) in [6.45, 7) is 2.82. The molecule has 0 aromatic carbocycles. The number of rotatable bonds is 4. The van der Waals surface area contributed by atoms with E-state index >= 15 is 0 Å². The number of aromatic nitrogens is 7. The van der Waals surface area contributed by atoms with Gasteiger partial charge in [-0.3, -0.25) is 19.2 Å². The predicted octanol–water partition coefficient (Wildman–Crippen LogP) is 3.59. The molecule has 8 nitrogen and oxygen atoms in total. The van der Waals surface area contributed by atoms with E-state index in [1.54, 1.807) is 18.6 Å². The summed E-state index contributed by atoms with van der Waals surface area (Å²) in [7, 11) is 1.87. The lowest BCUT2D eigenvalue weighted by atomic mass is 10.2. The second kappa shape index (κ2) is 6.41. The monoisotopic (exact) mass is 371 g/mol. The van der Waals surface area contributed by atoms with E-state index in [9.17, 15) is 0 Å². The molecule has 0 saturated carbocycles. The maximum absolute atomic E-state index is 5.91. The van der Waals surface area contributed by atoms with E-state index in [1.807, 2.05) is 52.7 Å². The van der Waals surface area contributed by atoms with Gasteiger partial charge in [-0.05, 0) is 43.3 Å². The smallest absolute Gasteiger partial charge is 0.303 e. The number of hydrogen-bond donors (Lipinski definition) is 0. The van der Waals surface area contributed by atoms with Crippen LogP contribution in [-0.2, 0) is 13.6 Å². The van der Waals surface area contributed by atoms with Crippen molar-refractivity contribution in [1.82, 2.24) is 34.3 Å². The lowest BCUT2D eigenvalue weighted by molar-refractivity contribution is 0.425. The molecule has 0 unspecified atom stereocenters. The van der Waals surface area contributed by atoms with Gasteiger partial charge >= 0.3 is 6.01 Å². The molecule has 0 amide bonds. The van der Waals surface area contributed by atoms with Gasteiger partial charge in [0.15, 0.2) is 5.65 Å². The fourth-order valence-corrected chi connectivity index (χ4v) is 3.20. The van der Waals surface area contributed by atoms with Crippen LogP contribution in [0.5, 0.6) is 11.8 Å². The Kier molecular flexibility index (Phi) is 3.75. The first-order valence-electron chi connectivity index (χ1n) is 8.98. The highest BCUT2D eigenvalue weighted by molar-refractivity contribution is 5.88. The molecule has 0 spiro atoms. The number of nitrogens with zero attached hydrogens (tertiary/aromatic N) is 7. The van der Waals surface area contributed by atoms with Crippen LogP contribution in [0.3, 0.4) is 0 Å². The first-order valence-corrected chi connectivity index (χ1v) is 8.98. The summed E-state index contributed by atoms with van der Waals surface area (Å²) in [6, 6.07) is 11.9. The van der Waals surface area contributed by atoms with E-state index in [4.69, 9.17) is 4.74 Å². The van der Waals surface area contributed by atoms with Gasteiger partial charge in [-0.1, -0.05) is 0 Å². The Balaban J connectivity index is 1.48. The third-order valence-corrected chi connectivity index (χ3v) is 4.58. The van der Waals surface area contributed by atoms with E-state index in [0.29, 0.717) is 11.8 Å². The molecule has 28 heavy (non-hydrogen) atoms. The van der Waals surface area contributed by atoms with Crippen molar-refractivity contribution in [3.63, 3.8) is 0 Å². The van der Waals surface area contributed by atoms with Crippen molar-refractivity contribution in [2.45, 2.75) is 13.5 Å². The van der Waals surface area contributed by atoms with Gasteiger partial charge in [-0.2, -0.15) is 10.1 Å². The lowest BCUT2D eigenvalue weighted by Gasteiger charge is -2.05. The van der Waals surface area contributed by atoms with Gasteiger partial charge in [-0.15, -0.1) is 0 Å². The minimum atomic E-state index is 0.464. The lowest BCUT2D eigenvalue weighted by Crippen LogP contribution is -1.97. The van der Waals surface area contributed by atoms with Crippen LogP contribution in [-0.4, -0.2) is 34.3 Å². The van der Waals surface area contributed by atoms with E-state index in [-0.39, 0.29) is 0 Å². The summed E-state index contributed by atoms with van der Waals surface area (Å²) in [6.07, 6.45) is 5.17. The fraction of sp³-hybridized carbons (Fsp3) is 0.150. The molecule has 5 aromatic rings. The summed E-state index contributed by atoms with van der Waals surface area (Å²) >= 11 is 0. The normalized spacial score (nSPS) is 11.4. The third-order valence-electron chi connectivity index (χ3n) is 4.58. The highest BCUT2D eigenvalue weighted by Crippen LogP contribution is 2.28. The molecule has 5 rings (SSSR count). The summed E-state index contributed by atoms with van der Waals surface area (Å²) in [5, 5.41) is 4.66. The molecule has 0 aliphatic heterocycles. The molecule has 138 valence electrons. The highest BCUT2D eigenvalue weighted by atomic mass is 16.5. The standard InChI is InChI=1S/C20H17N7O/c1-3-27-16-7-5-10-21-18(16)17(25-27)14-9-8-13(12-23-14)28-20-24-15-6-4-11-22-19(15)26(20)2/h4-12H,3H2,1-2H3. The largest absolute Gasteiger partial charge is 0.424 e. The van der Waals surface area contributed by atoms with E-state index in [1.165, 1.54) is 0 Å². The predicted molar refractivity (Wildman–Crippen MR) is 105 cm³/mol. The minimum Gasteiger partial charge on any atom is -0.424 e. The van der Waals surface area contributed by atoms with Crippen LogP contribution in [0.2, 0.25) is 0 Å². The van der Waals surface area contributed by atoms with E-state index < -0.39 is 0 Å². The molecule has 8 heteroatoms. The maximum Gasteiger partial charge on any atom is 0.303 e. The van der Waals surface area contributed by atoms with Gasteiger partial charge in [0.25, 0.3) is 0 Å². The Morgan fingerprint density at radius 1 is 1.00 bits per heavy atom. The quantitative estimate of drug-likeness (QED) is 0.480. The van der Waals surface area contributed by atoms with Gasteiger partial charge in [0, 0.05) is 26.0 Å². The molecule has 5 aromatic heterocycles. The molecule has 0 radical (unpaired) electrons. The Morgan fingerprint density at radius 3 is 2.64 bits per heavy atom. The Labute approximate surface area is 160 Å². The number of fused-ring (bicyclic) bond motifs is 2. The van der Waals surface area contributed by atoms with Crippen molar-refractivity contribution in [2.24, 2.45) is 7.05 Å². The second-order valence-electron chi connectivity index (χ2n) is 6.32. The zero-order chi connectivity index (χ0) is 19.1. The SMILES string of the molecule is CCn1nc(-c2ccc(Oc3nc4cccnc4n3C)cn2)c2ncccc21. The van der Waals surface area contributed by atoms with Crippen molar-refractivity contribution in [2.75, 3.05) is 0 Å². The van der Waals surface area contributed by atoms with Gasteiger partial charge in [-0.25, -0.2) is 4.98 Å². The van der Waals surface area contributed by atoms with Crippen molar-refractivity contribution in [3.8, 4) is 23.1 Å². The molecule has 0 saturated heterocycles. The van der Waals surface area contributed by atoms with Crippen LogP contribution < -0.4 is 4.74 Å². The van der Waals surface area contributed by atoms with Crippen molar-refractivity contribution >= 4 is 22.2 Å². The summed E-state index contributed by atoms with van der Waals surface area (Å²) in [5.74, 6) is 0.592. The number of pyridine rings is 3. The molecular formula is C20H17N7O. The average molecular weight is 371 g/mol. The molecule has 5 heterocycles. The second-order valence-corrected chi connectivity index (χ2v) is 6.32. The fourth-order valence-electron chi connectivity index (χ4n) is 3.20. The van der Waals surface area contributed by atoms with Crippen LogP contribution in [0.4, 0.5) is 0 Å². The number of ether oxygens (including phenoxy) is 1. The van der Waals surface area contributed by atoms with Crippen LogP contribution in [0.1, 0.15) is 6.92 Å². The van der Waals surface area contributed by atoms with Gasteiger partial charge in [0.1, 0.15) is 22.5 Å². The van der Waals surface area contributed by atoms with Crippen molar-refractivity contribution < 1.29 is 4.74 Å². The molecule has 0 N–H and O–H groups in total. The minimum absolute atomic E-state index is 0.464. The molecule has 0 bridgehead atoms. The third kappa shape index (κ3) is 2.58. The van der Waals surface area contributed by atoms with Gasteiger partial charge in [0.2, 0.25) is 0 Å². The molecular weight excluding hydrogens is 354 g/mol. The summed E-state index contributed by atoms with van der Waals surface area (Å²) < 4.78 is 9.64. The van der Waals surface area contributed by atoms with Gasteiger partial charge in [0.05, 0.1) is 17.4 Å². The zero-order valence-corrected chi connectivity index (χ0v) is 15.4. The Hall–Kier alpha value is -3.81. The van der Waals surface area contributed by atoms with Crippen LogP contribution in [0, 0.1) is 0 Å². The van der Waals surface area contributed by atoms with Crippen LogP contribution in [0.25, 0.3) is 33.6 Å². The topological polar surface area (TPSA) is 83.5 Å². The van der Waals surface area contributed by atoms with Crippen molar-refractivity contribution in [3.05, 3.63) is 55.0 Å². The van der Waals surface area contributed by atoms with Crippen molar-refractivity contribution in [1.29, 1.82) is 0 Å². The number of aryl methyl sites for hydroxylation is 2. The average Bonchev–Trinajstić information content (AvgIpc) is 3.27. The Morgan fingerprint density at radius 2 is 1.86 bits per heavy atom. The Bertz CT molecular complexity index is 1290. The molecule has 0 aliphatic carbocycles. The first-order chi connectivity index (χ1) is 13.7. The maximum atomic E-state index is 5.91. The highest BCUT2D eigenvalue weighted by Gasteiger charge is 2.15. The molecule has 0 aliphatic rings. The summed E-state index contributed by atoms with van der Waals surface area (Å²) in [4.78, 5) is 17.8. The molecule has 0 fully saturated rings. The van der Waals surface area contributed by atoms with E-state index in [0.717, 1.165) is 40.1 Å². The number of imidazole rings is 1. The summed E-state index contributed by atoms with van der Waals surface area (Å²) in [5.41, 5.74) is 4.89. The van der Waals surface area contributed by atoms with Crippen LogP contribution in [0.15, 0.2) is 55.0 Å².